The van der Waals surface area contributed by atoms with Crippen LogP contribution in [0.3, 0.4) is 0 Å². The number of hydrogen-bond donors (Lipinski definition) is 1. The van der Waals surface area contributed by atoms with Gasteiger partial charge in [0.25, 0.3) is 0 Å². The minimum Gasteiger partial charge on any atom is -0.352 e. The summed E-state index contributed by atoms with van der Waals surface area (Å²) in [5.41, 5.74) is 1.82. The molecule has 7 heteroatoms. The molecule has 1 atom stereocenters. The van der Waals surface area contributed by atoms with Gasteiger partial charge in [0.2, 0.25) is 11.8 Å². The fraction of sp³-hybridized carbons (Fsp3) is 0.417. The SMILES string of the molecule is CC(C(=O)NC1CCCC1)N(Cc1ccccc1Cl)C(=O)CSCc1ccccc1Cl. The van der Waals surface area contributed by atoms with E-state index in [9.17, 15) is 9.59 Å². The molecule has 2 amide bonds. The lowest BCUT2D eigenvalue weighted by Gasteiger charge is -2.30. The molecule has 0 spiro atoms. The topological polar surface area (TPSA) is 49.4 Å². The van der Waals surface area contributed by atoms with Crippen LogP contribution >= 0.6 is 35.0 Å². The molecule has 0 heterocycles. The molecule has 0 saturated heterocycles. The summed E-state index contributed by atoms with van der Waals surface area (Å²) >= 11 is 14.1. The Bertz CT molecular complexity index is 903. The predicted molar refractivity (Wildman–Crippen MR) is 129 cm³/mol. The maximum Gasteiger partial charge on any atom is 0.242 e. The first kappa shape index (κ1) is 24.0. The third-order valence-electron chi connectivity index (χ3n) is 5.61. The summed E-state index contributed by atoms with van der Waals surface area (Å²) in [6.45, 7) is 2.09. The second kappa shape index (κ2) is 11.8. The largest absolute Gasteiger partial charge is 0.352 e. The molecule has 1 aliphatic rings. The first-order chi connectivity index (χ1) is 15.0. The number of halogens is 2. The molecule has 3 rings (SSSR count). The summed E-state index contributed by atoms with van der Waals surface area (Å²) in [5.74, 6) is 0.694. The fourth-order valence-electron chi connectivity index (χ4n) is 3.73. The predicted octanol–water partition coefficient (Wildman–Crippen LogP) is 5.70. The number of rotatable bonds is 9. The molecule has 166 valence electrons. The lowest BCUT2D eigenvalue weighted by atomic mass is 10.1. The fourth-order valence-corrected chi connectivity index (χ4v) is 5.12. The minimum atomic E-state index is -0.578. The van der Waals surface area contributed by atoms with E-state index < -0.39 is 6.04 Å². The molecule has 0 radical (unpaired) electrons. The van der Waals surface area contributed by atoms with Crippen LogP contribution in [0.4, 0.5) is 0 Å². The van der Waals surface area contributed by atoms with Crippen molar-refractivity contribution in [2.24, 2.45) is 0 Å². The summed E-state index contributed by atoms with van der Waals surface area (Å²) in [7, 11) is 0. The van der Waals surface area contributed by atoms with Crippen molar-refractivity contribution in [1.29, 1.82) is 0 Å². The molecule has 1 fully saturated rings. The van der Waals surface area contributed by atoms with Crippen LogP contribution in [0.1, 0.15) is 43.7 Å². The van der Waals surface area contributed by atoms with E-state index in [4.69, 9.17) is 23.2 Å². The highest BCUT2D eigenvalue weighted by atomic mass is 35.5. The molecule has 1 N–H and O–H groups in total. The number of amides is 2. The third-order valence-corrected chi connectivity index (χ3v) is 7.31. The second-order valence-corrected chi connectivity index (χ2v) is 9.66. The molecule has 0 bridgehead atoms. The number of carbonyl (C=O) groups excluding carboxylic acids is 2. The second-order valence-electron chi connectivity index (χ2n) is 7.86. The summed E-state index contributed by atoms with van der Waals surface area (Å²) in [5, 5.41) is 4.40. The molecule has 2 aromatic rings. The molecule has 4 nitrogen and oxygen atoms in total. The number of hydrogen-bond acceptors (Lipinski definition) is 3. The number of nitrogens with zero attached hydrogens (tertiary/aromatic N) is 1. The van der Waals surface area contributed by atoms with Crippen LogP contribution in [-0.4, -0.2) is 34.6 Å². The van der Waals surface area contributed by atoms with Crippen LogP contribution in [0, 0.1) is 0 Å². The van der Waals surface area contributed by atoms with Crippen molar-refractivity contribution in [2.45, 2.75) is 57.0 Å². The highest BCUT2D eigenvalue weighted by molar-refractivity contribution is 7.99. The van der Waals surface area contributed by atoms with E-state index in [1.165, 1.54) is 11.8 Å². The zero-order chi connectivity index (χ0) is 22.2. The number of benzene rings is 2. The highest BCUT2D eigenvalue weighted by Crippen LogP contribution is 2.23. The van der Waals surface area contributed by atoms with Gasteiger partial charge in [-0.1, -0.05) is 72.4 Å². The Hall–Kier alpha value is -1.69. The maximum absolute atomic E-state index is 13.2. The van der Waals surface area contributed by atoms with Gasteiger partial charge in [0.1, 0.15) is 6.04 Å². The smallest absolute Gasteiger partial charge is 0.242 e. The average molecular weight is 479 g/mol. The van der Waals surface area contributed by atoms with Crippen molar-refractivity contribution in [1.82, 2.24) is 10.2 Å². The van der Waals surface area contributed by atoms with Crippen LogP contribution in [-0.2, 0) is 21.9 Å². The Kier molecular flexibility index (Phi) is 9.12. The van der Waals surface area contributed by atoms with Gasteiger partial charge < -0.3 is 10.2 Å². The lowest BCUT2D eigenvalue weighted by Crippen LogP contribution is -2.50. The number of thioether (sulfide) groups is 1. The van der Waals surface area contributed by atoms with E-state index in [-0.39, 0.29) is 23.6 Å². The van der Waals surface area contributed by atoms with Crippen molar-refractivity contribution < 1.29 is 9.59 Å². The van der Waals surface area contributed by atoms with E-state index in [1.54, 1.807) is 17.9 Å². The van der Waals surface area contributed by atoms with Gasteiger partial charge >= 0.3 is 0 Å². The number of carbonyl (C=O) groups is 2. The van der Waals surface area contributed by atoms with Crippen LogP contribution in [0.2, 0.25) is 10.0 Å². The Morgan fingerprint density at radius 3 is 2.23 bits per heavy atom. The van der Waals surface area contributed by atoms with Crippen molar-refractivity contribution in [3.8, 4) is 0 Å². The third kappa shape index (κ3) is 6.90. The zero-order valence-corrected chi connectivity index (χ0v) is 20.0. The molecule has 1 unspecified atom stereocenters. The maximum atomic E-state index is 13.2. The summed E-state index contributed by atoms with van der Waals surface area (Å²) in [4.78, 5) is 27.7. The lowest BCUT2D eigenvalue weighted by molar-refractivity contribution is -0.138. The Labute approximate surface area is 198 Å². The van der Waals surface area contributed by atoms with Gasteiger partial charge in [-0.2, -0.15) is 0 Å². The zero-order valence-electron chi connectivity index (χ0n) is 17.7. The van der Waals surface area contributed by atoms with E-state index in [0.717, 1.165) is 36.8 Å². The summed E-state index contributed by atoms with van der Waals surface area (Å²) < 4.78 is 0. The van der Waals surface area contributed by atoms with E-state index in [0.29, 0.717) is 22.3 Å². The van der Waals surface area contributed by atoms with Crippen molar-refractivity contribution in [3.63, 3.8) is 0 Å². The van der Waals surface area contributed by atoms with Crippen LogP contribution in [0.25, 0.3) is 0 Å². The van der Waals surface area contributed by atoms with Gasteiger partial charge in [-0.3, -0.25) is 9.59 Å². The molecule has 1 saturated carbocycles. The first-order valence-corrected chi connectivity index (χ1v) is 12.5. The molecule has 31 heavy (non-hydrogen) atoms. The monoisotopic (exact) mass is 478 g/mol. The van der Waals surface area contributed by atoms with Gasteiger partial charge in [-0.25, -0.2) is 0 Å². The molecule has 2 aromatic carbocycles. The standard InChI is InChI=1S/C24H28Cl2N2O2S/c1-17(24(30)27-20-10-4-5-11-20)28(14-18-8-2-6-12-21(18)25)23(29)16-31-15-19-9-3-7-13-22(19)26/h2-3,6-9,12-13,17,20H,4-5,10-11,14-16H2,1H3,(H,27,30). The van der Waals surface area contributed by atoms with E-state index >= 15 is 0 Å². The summed E-state index contributed by atoms with van der Waals surface area (Å²) in [6, 6.07) is 14.7. The van der Waals surface area contributed by atoms with E-state index in [2.05, 4.69) is 5.32 Å². The van der Waals surface area contributed by atoms with Gasteiger partial charge in [-0.05, 0) is 43.0 Å². The normalized spacial score (nSPS) is 14.9. The Balaban J connectivity index is 1.67. The van der Waals surface area contributed by atoms with Crippen LogP contribution in [0.5, 0.6) is 0 Å². The molecule has 0 aromatic heterocycles. The van der Waals surface area contributed by atoms with E-state index in [1.807, 2.05) is 42.5 Å². The molecule has 1 aliphatic carbocycles. The Morgan fingerprint density at radius 2 is 1.61 bits per heavy atom. The van der Waals surface area contributed by atoms with Crippen molar-refractivity contribution in [2.75, 3.05) is 5.75 Å². The highest BCUT2D eigenvalue weighted by Gasteiger charge is 2.28. The van der Waals surface area contributed by atoms with Gasteiger partial charge in [0.05, 0.1) is 5.75 Å². The Morgan fingerprint density at radius 1 is 1.03 bits per heavy atom. The number of nitrogens with one attached hydrogen (secondary N) is 1. The minimum absolute atomic E-state index is 0.0916. The van der Waals surface area contributed by atoms with Gasteiger partial charge in [-0.15, -0.1) is 11.8 Å². The molecule has 0 aliphatic heterocycles. The van der Waals surface area contributed by atoms with Crippen molar-refractivity contribution in [3.05, 3.63) is 69.7 Å². The van der Waals surface area contributed by atoms with Crippen molar-refractivity contribution >= 4 is 46.8 Å². The van der Waals surface area contributed by atoms with Gasteiger partial charge in [0.15, 0.2) is 0 Å². The van der Waals surface area contributed by atoms with Crippen LogP contribution in [0.15, 0.2) is 48.5 Å². The quantitative estimate of drug-likeness (QED) is 0.502. The molecular formula is C24H28Cl2N2O2S. The van der Waals surface area contributed by atoms with Crippen LogP contribution < -0.4 is 5.32 Å². The van der Waals surface area contributed by atoms with Gasteiger partial charge in [0, 0.05) is 28.4 Å². The average Bonchev–Trinajstić information content (AvgIpc) is 3.27. The molecular weight excluding hydrogens is 451 g/mol. The first-order valence-electron chi connectivity index (χ1n) is 10.6. The summed E-state index contributed by atoms with van der Waals surface area (Å²) in [6.07, 6.45) is 4.29.